The van der Waals surface area contributed by atoms with Crippen LogP contribution in [0.25, 0.3) is 72.7 Å². The van der Waals surface area contributed by atoms with Gasteiger partial charge in [0.15, 0.2) is 0 Å². The first-order valence-electron chi connectivity index (χ1n) is 24.9. The van der Waals surface area contributed by atoms with Gasteiger partial charge < -0.3 is 5.11 Å². The molecule has 0 radical (unpaired) electrons. The summed E-state index contributed by atoms with van der Waals surface area (Å²) in [5.41, 5.74) is 6.56. The average Bonchev–Trinajstić information content (AvgIpc) is 3.65. The molecule has 0 unspecified atom stereocenters. The van der Waals surface area contributed by atoms with Crippen LogP contribution in [-0.4, -0.2) is 19.6 Å². The lowest BCUT2D eigenvalue weighted by molar-refractivity contribution is 0.472. The standard InChI is InChI=1S/C53H51N3O/c1-33-26-35(3)50(57)45(27-33)51-55-49-44(16-13-17-48(49)56(51)47-23-20-38(28-34(47)2)36-14-11-10-12-15-36)40-29-41(31-43(30-40)53(7,8)9)46-32-39(24-25-54-46)37-18-21-42(22-19-37)52(4,5)6/h10-32,57H,1-9H3/i2D3,4D3,5D3,6D3. The second-order valence-electron chi connectivity index (χ2n) is 15.8. The van der Waals surface area contributed by atoms with Crippen molar-refractivity contribution in [1.82, 2.24) is 14.5 Å². The van der Waals surface area contributed by atoms with E-state index in [9.17, 15) is 5.11 Å². The maximum atomic E-state index is 11.7. The molecular weight excluding hydrogens is 695 g/mol. The van der Waals surface area contributed by atoms with Gasteiger partial charge in [-0.15, -0.1) is 0 Å². The van der Waals surface area contributed by atoms with Crippen LogP contribution in [-0.2, 0) is 10.8 Å². The summed E-state index contributed by atoms with van der Waals surface area (Å²) >= 11 is 0. The van der Waals surface area contributed by atoms with E-state index >= 15 is 0 Å². The number of para-hydroxylation sites is 1. The Balaban J connectivity index is 1.32. The Labute approximate surface area is 354 Å². The molecule has 0 amide bonds. The molecule has 2 heterocycles. The number of hydrogen-bond acceptors (Lipinski definition) is 3. The highest BCUT2D eigenvalue weighted by molar-refractivity contribution is 5.97. The van der Waals surface area contributed by atoms with Crippen molar-refractivity contribution in [3.05, 3.63) is 167 Å². The molecule has 1 N–H and O–H groups in total. The Bertz CT molecular complexity index is 3190. The van der Waals surface area contributed by atoms with Gasteiger partial charge in [-0.1, -0.05) is 126 Å². The number of aromatic hydroxyl groups is 1. The van der Waals surface area contributed by atoms with Crippen molar-refractivity contribution < 1.29 is 21.6 Å². The lowest BCUT2D eigenvalue weighted by atomic mass is 9.83. The maximum absolute atomic E-state index is 11.7. The van der Waals surface area contributed by atoms with Gasteiger partial charge in [0.2, 0.25) is 0 Å². The molecule has 0 aliphatic rings. The Kier molecular flexibility index (Phi) is 6.50. The van der Waals surface area contributed by atoms with Gasteiger partial charge in [0.25, 0.3) is 0 Å². The molecule has 0 aliphatic carbocycles. The topological polar surface area (TPSA) is 50.9 Å². The number of fused-ring (bicyclic) bond motifs is 1. The summed E-state index contributed by atoms with van der Waals surface area (Å²) in [5, 5.41) is 11.7. The molecule has 0 fully saturated rings. The number of pyridine rings is 1. The Morgan fingerprint density at radius 2 is 1.30 bits per heavy atom. The monoisotopic (exact) mass is 757 g/mol. The summed E-state index contributed by atoms with van der Waals surface area (Å²) < 4.78 is 102. The molecule has 8 aromatic rings. The third-order valence-electron chi connectivity index (χ3n) is 10.5. The van der Waals surface area contributed by atoms with Gasteiger partial charge >= 0.3 is 0 Å². The molecule has 0 bridgehead atoms. The van der Waals surface area contributed by atoms with E-state index < -0.39 is 32.8 Å². The molecule has 0 saturated heterocycles. The van der Waals surface area contributed by atoms with E-state index in [4.69, 9.17) is 26.4 Å². The zero-order valence-corrected chi connectivity index (χ0v) is 32.6. The highest BCUT2D eigenvalue weighted by atomic mass is 16.3. The number of hydrogen-bond donors (Lipinski definition) is 1. The van der Waals surface area contributed by atoms with Crippen LogP contribution in [0.4, 0.5) is 0 Å². The first-order valence-corrected chi connectivity index (χ1v) is 18.9. The fraction of sp³-hybridized carbons (Fsp3) is 0.208. The zero-order chi connectivity index (χ0) is 50.2. The second kappa shape index (κ2) is 14.4. The summed E-state index contributed by atoms with van der Waals surface area (Å²) in [6, 6.07) is 39.8. The van der Waals surface area contributed by atoms with Gasteiger partial charge in [-0.05, 0) is 136 Å². The molecule has 0 spiro atoms. The highest BCUT2D eigenvalue weighted by Gasteiger charge is 2.24. The smallest absolute Gasteiger partial charge is 0.149 e. The second-order valence-corrected chi connectivity index (χ2v) is 15.8. The van der Waals surface area contributed by atoms with Crippen LogP contribution in [0.3, 0.4) is 0 Å². The van der Waals surface area contributed by atoms with E-state index in [0.717, 1.165) is 38.9 Å². The van der Waals surface area contributed by atoms with Crippen molar-refractivity contribution in [3.8, 4) is 67.5 Å². The minimum absolute atomic E-state index is 0.0267. The maximum Gasteiger partial charge on any atom is 0.149 e. The van der Waals surface area contributed by atoms with Crippen LogP contribution in [0.5, 0.6) is 5.75 Å². The Hall–Kier alpha value is -6.26. The predicted molar refractivity (Wildman–Crippen MR) is 239 cm³/mol. The summed E-state index contributed by atoms with van der Waals surface area (Å²) in [6.45, 7) is -2.63. The fourth-order valence-electron chi connectivity index (χ4n) is 7.47. The minimum Gasteiger partial charge on any atom is -0.507 e. The molecule has 0 aliphatic heterocycles. The van der Waals surface area contributed by atoms with Crippen molar-refractivity contribution in [2.45, 2.75) is 72.9 Å². The zero-order valence-electron chi connectivity index (χ0n) is 44.6. The number of phenols is 1. The fourth-order valence-corrected chi connectivity index (χ4v) is 7.47. The first-order chi connectivity index (χ1) is 32.1. The van der Waals surface area contributed by atoms with Gasteiger partial charge in [-0.3, -0.25) is 9.55 Å². The highest BCUT2D eigenvalue weighted by Crippen LogP contribution is 2.42. The van der Waals surface area contributed by atoms with Crippen LogP contribution in [0.1, 0.15) is 85.6 Å². The minimum atomic E-state index is -3.38. The molecule has 8 rings (SSSR count). The lowest BCUT2D eigenvalue weighted by Crippen LogP contribution is -2.11. The Morgan fingerprint density at radius 1 is 0.579 bits per heavy atom. The molecule has 4 nitrogen and oxygen atoms in total. The van der Waals surface area contributed by atoms with Gasteiger partial charge in [0, 0.05) is 33.8 Å². The number of aryl methyl sites for hydroxylation is 3. The number of benzene rings is 6. The number of aromatic nitrogens is 3. The molecular formula is C53H51N3O. The van der Waals surface area contributed by atoms with Crippen LogP contribution >= 0.6 is 0 Å². The molecule has 0 saturated carbocycles. The molecule has 6 aromatic carbocycles. The van der Waals surface area contributed by atoms with E-state index in [-0.39, 0.29) is 22.3 Å². The summed E-state index contributed by atoms with van der Waals surface area (Å²) in [5.74, 6) is 0.389. The van der Waals surface area contributed by atoms with Gasteiger partial charge in [0.05, 0.1) is 28.0 Å². The number of rotatable bonds is 6. The molecule has 2 aromatic heterocycles. The molecule has 284 valence electrons. The van der Waals surface area contributed by atoms with Crippen molar-refractivity contribution in [2.24, 2.45) is 0 Å². The largest absolute Gasteiger partial charge is 0.507 e. The number of imidazole rings is 1. The number of phenolic OH excluding ortho intramolecular Hbond substituents is 1. The van der Waals surface area contributed by atoms with E-state index in [1.54, 1.807) is 24.4 Å². The van der Waals surface area contributed by atoms with E-state index in [2.05, 4.69) is 32.9 Å². The van der Waals surface area contributed by atoms with Crippen LogP contribution in [0.2, 0.25) is 0 Å². The van der Waals surface area contributed by atoms with Crippen molar-refractivity contribution in [3.63, 3.8) is 0 Å². The van der Waals surface area contributed by atoms with E-state index in [1.165, 1.54) is 24.3 Å². The van der Waals surface area contributed by atoms with Crippen LogP contribution in [0.15, 0.2) is 140 Å². The third kappa shape index (κ3) is 7.29. The van der Waals surface area contributed by atoms with Crippen molar-refractivity contribution >= 4 is 11.0 Å². The van der Waals surface area contributed by atoms with Gasteiger partial charge in [-0.25, -0.2) is 4.98 Å². The summed E-state index contributed by atoms with van der Waals surface area (Å²) in [4.78, 5) is 10.1. The van der Waals surface area contributed by atoms with E-state index in [1.807, 2.05) is 97.3 Å². The average molecular weight is 758 g/mol. The normalized spacial score (nSPS) is 16.0. The first kappa shape index (κ1) is 25.8. The van der Waals surface area contributed by atoms with Gasteiger partial charge in [-0.2, -0.15) is 0 Å². The van der Waals surface area contributed by atoms with Gasteiger partial charge in [0.1, 0.15) is 11.6 Å². The number of nitrogens with zero attached hydrogens (tertiary/aromatic N) is 3. The SMILES string of the molecule is [2H]C([2H])([2H])c1cc(-c2ccccc2)ccc1-n1c(-c2cc(C)cc(C)c2O)nc2c(-c3cc(-c4cc(-c5ccc(C(C([2H])([2H])[2H])(C([2H])([2H])[2H])C([2H])([2H])[2H])cc5)ccn4)cc(C(C)(C)C)c3)cccc21. The third-order valence-corrected chi connectivity index (χ3v) is 10.5. The summed E-state index contributed by atoms with van der Waals surface area (Å²) in [7, 11) is 0. The Morgan fingerprint density at radius 3 is 2.04 bits per heavy atom. The van der Waals surface area contributed by atoms with Crippen molar-refractivity contribution in [2.75, 3.05) is 0 Å². The quantitative estimate of drug-likeness (QED) is 0.184. The van der Waals surface area contributed by atoms with Crippen LogP contribution in [0, 0.1) is 20.7 Å². The lowest BCUT2D eigenvalue weighted by Gasteiger charge is -2.22. The van der Waals surface area contributed by atoms with Crippen LogP contribution < -0.4 is 0 Å². The molecule has 0 atom stereocenters. The predicted octanol–water partition coefficient (Wildman–Crippen LogP) is 14.0. The molecule has 4 heteroatoms. The van der Waals surface area contributed by atoms with Crippen molar-refractivity contribution in [1.29, 1.82) is 0 Å². The molecule has 57 heavy (non-hydrogen) atoms. The summed E-state index contributed by atoms with van der Waals surface area (Å²) in [6.07, 6.45) is 1.64. The van der Waals surface area contributed by atoms with E-state index in [0.29, 0.717) is 50.5 Å².